The smallest absolute Gasteiger partial charge is 0.243 e. The largest absolute Gasteiger partial charge is 0.468 e. The van der Waals surface area contributed by atoms with Crippen LogP contribution >= 0.6 is 0 Å². The third-order valence-corrected chi connectivity index (χ3v) is 8.52. The minimum absolute atomic E-state index is 0.0703. The van der Waals surface area contributed by atoms with E-state index < -0.39 is 25.9 Å². The van der Waals surface area contributed by atoms with Gasteiger partial charge in [-0.05, 0) is 48.0 Å². The van der Waals surface area contributed by atoms with Gasteiger partial charge in [-0.25, -0.2) is 25.9 Å². The highest BCUT2D eigenvalue weighted by atomic mass is 32.2. The van der Waals surface area contributed by atoms with Gasteiger partial charge in [0.05, 0.1) is 22.6 Å². The predicted molar refractivity (Wildman–Crippen MR) is 128 cm³/mol. The summed E-state index contributed by atoms with van der Waals surface area (Å²) in [5, 5.41) is 0. The molecule has 182 valence electrons. The number of nitrogens with zero attached hydrogens (tertiary/aromatic N) is 1. The summed E-state index contributed by atoms with van der Waals surface area (Å²) >= 11 is 0. The molecule has 3 aromatic carbocycles. The zero-order chi connectivity index (χ0) is 24.9. The van der Waals surface area contributed by atoms with Crippen LogP contribution in [0.1, 0.15) is 16.9 Å². The zero-order valence-corrected chi connectivity index (χ0v) is 20.2. The van der Waals surface area contributed by atoms with E-state index in [1.807, 2.05) is 6.07 Å². The van der Waals surface area contributed by atoms with Crippen molar-refractivity contribution >= 4 is 20.0 Å². The zero-order valence-electron chi connectivity index (χ0n) is 18.5. The Morgan fingerprint density at radius 3 is 2.06 bits per heavy atom. The predicted octanol–water partition coefficient (Wildman–Crippen LogP) is 4.29. The van der Waals surface area contributed by atoms with E-state index >= 15 is 0 Å². The van der Waals surface area contributed by atoms with E-state index in [1.54, 1.807) is 42.5 Å². The fraction of sp³-hybridized carbons (Fsp3) is 0.120. The van der Waals surface area contributed by atoms with Gasteiger partial charge >= 0.3 is 0 Å². The first-order valence-corrected chi connectivity index (χ1v) is 13.6. The van der Waals surface area contributed by atoms with Gasteiger partial charge in [0.2, 0.25) is 20.0 Å². The molecule has 10 heteroatoms. The van der Waals surface area contributed by atoms with Crippen LogP contribution in [-0.2, 0) is 39.7 Å². The average molecular weight is 515 g/mol. The summed E-state index contributed by atoms with van der Waals surface area (Å²) in [4.78, 5) is -0.193. The molecule has 0 spiro atoms. The van der Waals surface area contributed by atoms with Crippen LogP contribution in [0.2, 0.25) is 0 Å². The maximum absolute atomic E-state index is 14.3. The number of furan rings is 1. The number of sulfonamides is 2. The normalized spacial score (nSPS) is 12.2. The highest BCUT2D eigenvalue weighted by Gasteiger charge is 2.27. The molecule has 4 aromatic rings. The van der Waals surface area contributed by atoms with Gasteiger partial charge in [-0.2, -0.15) is 4.31 Å². The van der Waals surface area contributed by atoms with E-state index in [0.717, 1.165) is 9.87 Å². The molecular formula is C25H23FN2O5S2. The summed E-state index contributed by atoms with van der Waals surface area (Å²) in [7, 11) is -7.98. The molecule has 0 aliphatic rings. The lowest BCUT2D eigenvalue weighted by molar-refractivity contribution is 0.354. The van der Waals surface area contributed by atoms with Crippen molar-refractivity contribution in [2.24, 2.45) is 0 Å². The number of hydrogen-bond acceptors (Lipinski definition) is 5. The highest BCUT2D eigenvalue weighted by molar-refractivity contribution is 7.89. The van der Waals surface area contributed by atoms with E-state index in [-0.39, 0.29) is 35.0 Å². The molecule has 0 saturated heterocycles. The Morgan fingerprint density at radius 2 is 1.40 bits per heavy atom. The molecular weight excluding hydrogens is 491 g/mol. The molecule has 0 aliphatic carbocycles. The standard InChI is InChI=1S/C25H23FN2O5S2/c26-25-11-5-4-9-21(25)18-28(19-22-10-6-16-33-22)35(31,32)24-14-12-23(13-15-24)34(29,30)27-17-20-7-2-1-3-8-20/h1-16,27H,17-19H2. The Morgan fingerprint density at radius 1 is 0.743 bits per heavy atom. The van der Waals surface area contributed by atoms with Gasteiger partial charge in [-0.15, -0.1) is 0 Å². The minimum Gasteiger partial charge on any atom is -0.468 e. The van der Waals surface area contributed by atoms with Crippen molar-refractivity contribution in [1.29, 1.82) is 0 Å². The van der Waals surface area contributed by atoms with E-state index in [1.165, 1.54) is 48.7 Å². The van der Waals surface area contributed by atoms with Crippen molar-refractivity contribution in [3.63, 3.8) is 0 Å². The van der Waals surface area contributed by atoms with E-state index in [0.29, 0.717) is 5.76 Å². The van der Waals surface area contributed by atoms with Crippen LogP contribution in [0.4, 0.5) is 4.39 Å². The lowest BCUT2D eigenvalue weighted by atomic mass is 10.2. The summed E-state index contributed by atoms with van der Waals surface area (Å²) in [5.74, 6) is -0.146. The van der Waals surface area contributed by atoms with Gasteiger partial charge in [0.15, 0.2) is 0 Å². The van der Waals surface area contributed by atoms with Gasteiger partial charge in [0, 0.05) is 18.7 Å². The van der Waals surface area contributed by atoms with Crippen molar-refractivity contribution in [2.45, 2.75) is 29.4 Å². The number of nitrogens with one attached hydrogen (secondary N) is 1. The lowest BCUT2D eigenvalue weighted by Crippen LogP contribution is -2.30. The Hall–Kier alpha value is -3.31. The number of halogens is 1. The molecule has 7 nitrogen and oxygen atoms in total. The molecule has 4 rings (SSSR count). The van der Waals surface area contributed by atoms with Crippen molar-refractivity contribution in [2.75, 3.05) is 0 Å². The average Bonchev–Trinajstić information content (AvgIpc) is 3.38. The third-order valence-electron chi connectivity index (χ3n) is 5.30. The highest BCUT2D eigenvalue weighted by Crippen LogP contribution is 2.24. The van der Waals surface area contributed by atoms with Crippen LogP contribution in [0.3, 0.4) is 0 Å². The maximum Gasteiger partial charge on any atom is 0.243 e. The third kappa shape index (κ3) is 6.04. The molecule has 0 atom stereocenters. The summed E-state index contributed by atoms with van der Waals surface area (Å²) in [5.41, 5.74) is 0.990. The fourth-order valence-corrected chi connectivity index (χ4v) is 5.82. The Kier molecular flexibility index (Phi) is 7.46. The van der Waals surface area contributed by atoms with Gasteiger partial charge in [-0.3, -0.25) is 0 Å². The topological polar surface area (TPSA) is 96.7 Å². The quantitative estimate of drug-likeness (QED) is 0.341. The van der Waals surface area contributed by atoms with Crippen LogP contribution in [0.15, 0.2) is 111 Å². The Bertz CT molecular complexity index is 1470. The molecule has 1 aromatic heterocycles. The van der Waals surface area contributed by atoms with Crippen LogP contribution in [0, 0.1) is 5.82 Å². The molecule has 0 amide bonds. The van der Waals surface area contributed by atoms with Crippen LogP contribution in [0.25, 0.3) is 0 Å². The summed E-state index contributed by atoms with van der Waals surface area (Å²) < 4.78 is 75.4. The van der Waals surface area contributed by atoms with Crippen molar-refractivity contribution < 1.29 is 25.6 Å². The van der Waals surface area contributed by atoms with Crippen molar-refractivity contribution in [1.82, 2.24) is 9.03 Å². The first kappa shape index (κ1) is 24.8. The Balaban J connectivity index is 1.57. The van der Waals surface area contributed by atoms with Crippen LogP contribution in [0.5, 0.6) is 0 Å². The summed E-state index contributed by atoms with van der Waals surface area (Å²) in [6.07, 6.45) is 1.42. The molecule has 0 radical (unpaired) electrons. The summed E-state index contributed by atoms with van der Waals surface area (Å²) in [6, 6.07) is 23.1. The van der Waals surface area contributed by atoms with E-state index in [9.17, 15) is 21.2 Å². The van der Waals surface area contributed by atoms with Crippen LogP contribution in [-0.4, -0.2) is 21.1 Å². The number of hydrogen-bond donors (Lipinski definition) is 1. The van der Waals surface area contributed by atoms with Crippen molar-refractivity contribution in [3.05, 3.63) is 120 Å². The number of benzene rings is 3. The maximum atomic E-state index is 14.3. The van der Waals surface area contributed by atoms with Crippen LogP contribution < -0.4 is 4.72 Å². The monoisotopic (exact) mass is 514 g/mol. The second-order valence-electron chi connectivity index (χ2n) is 7.73. The molecule has 1 heterocycles. The van der Waals surface area contributed by atoms with Gasteiger partial charge < -0.3 is 4.42 Å². The molecule has 1 N–H and O–H groups in total. The molecule has 0 aliphatic heterocycles. The van der Waals surface area contributed by atoms with Crippen molar-refractivity contribution in [3.8, 4) is 0 Å². The molecule has 0 bridgehead atoms. The van der Waals surface area contributed by atoms with E-state index in [4.69, 9.17) is 4.42 Å². The minimum atomic E-state index is -4.12. The first-order chi connectivity index (χ1) is 16.8. The van der Waals surface area contributed by atoms with Gasteiger partial charge in [-0.1, -0.05) is 48.5 Å². The van der Waals surface area contributed by atoms with Gasteiger partial charge in [0.25, 0.3) is 0 Å². The van der Waals surface area contributed by atoms with Gasteiger partial charge in [0.1, 0.15) is 11.6 Å². The molecule has 0 unspecified atom stereocenters. The fourth-order valence-electron chi connectivity index (χ4n) is 3.42. The SMILES string of the molecule is O=S(=O)(NCc1ccccc1)c1ccc(S(=O)(=O)N(Cc2ccco2)Cc2ccccc2F)cc1. The first-order valence-electron chi connectivity index (χ1n) is 10.7. The second kappa shape index (κ2) is 10.5. The summed E-state index contributed by atoms with van der Waals surface area (Å²) in [6.45, 7) is -0.250. The Labute approximate surface area is 203 Å². The van der Waals surface area contributed by atoms with E-state index in [2.05, 4.69) is 4.72 Å². The lowest BCUT2D eigenvalue weighted by Gasteiger charge is -2.22. The molecule has 0 fully saturated rings. The molecule has 0 saturated carbocycles. The number of rotatable bonds is 10. The second-order valence-corrected chi connectivity index (χ2v) is 11.4. The molecule has 35 heavy (non-hydrogen) atoms.